The molecule has 19 heavy (non-hydrogen) atoms. The molecule has 2 atom stereocenters. The molecule has 0 saturated heterocycles. The van der Waals surface area contributed by atoms with Crippen LogP contribution in [0.1, 0.15) is 19.3 Å². The summed E-state index contributed by atoms with van der Waals surface area (Å²) in [5.41, 5.74) is 0. The Morgan fingerprint density at radius 2 is 2.21 bits per heavy atom. The molecule has 0 spiro atoms. The summed E-state index contributed by atoms with van der Waals surface area (Å²) in [4.78, 5) is 11.7. The van der Waals surface area contributed by atoms with E-state index in [0.29, 0.717) is 15.8 Å². The molecule has 6 heteroatoms. The molecule has 0 radical (unpaired) electrons. The summed E-state index contributed by atoms with van der Waals surface area (Å²) < 4.78 is 5.31. The fraction of sp³-hybridized carbons (Fsp3) is 0.462. The van der Waals surface area contributed by atoms with E-state index in [2.05, 4.69) is 5.32 Å². The second-order valence-corrected chi connectivity index (χ2v) is 5.38. The Morgan fingerprint density at radius 1 is 1.42 bits per heavy atom. The zero-order valence-corrected chi connectivity index (χ0v) is 11.7. The molecule has 2 N–H and O–H groups in total. The summed E-state index contributed by atoms with van der Waals surface area (Å²) in [6, 6.07) is 4.64. The fourth-order valence-electron chi connectivity index (χ4n) is 2.09. The predicted octanol–water partition coefficient (Wildman–Crippen LogP) is 2.40. The standard InChI is InChI=1S/C13H15Cl2NO3/c14-8-4-5-12(9(15)6-8)19-7-13(18)16-10-2-1-3-11(10)17/h4-6,10-11,17H,1-3,7H2,(H,16,18). The highest BCUT2D eigenvalue weighted by Gasteiger charge is 2.26. The van der Waals surface area contributed by atoms with Crippen LogP contribution in [0, 0.1) is 0 Å². The Balaban J connectivity index is 1.83. The van der Waals surface area contributed by atoms with Crippen molar-refractivity contribution in [2.24, 2.45) is 0 Å². The Hall–Kier alpha value is -0.970. The van der Waals surface area contributed by atoms with Crippen LogP contribution in [-0.2, 0) is 4.79 Å². The molecule has 0 aliphatic heterocycles. The highest BCUT2D eigenvalue weighted by atomic mass is 35.5. The van der Waals surface area contributed by atoms with E-state index >= 15 is 0 Å². The van der Waals surface area contributed by atoms with Gasteiger partial charge in [-0.3, -0.25) is 4.79 Å². The van der Waals surface area contributed by atoms with Crippen LogP contribution < -0.4 is 10.1 Å². The Kier molecular flexibility index (Phi) is 4.91. The number of amides is 1. The topological polar surface area (TPSA) is 58.6 Å². The highest BCUT2D eigenvalue weighted by Crippen LogP contribution is 2.27. The quantitative estimate of drug-likeness (QED) is 0.898. The van der Waals surface area contributed by atoms with E-state index in [4.69, 9.17) is 27.9 Å². The number of carbonyl (C=O) groups excluding carboxylic acids is 1. The van der Waals surface area contributed by atoms with Crippen molar-refractivity contribution >= 4 is 29.1 Å². The monoisotopic (exact) mass is 303 g/mol. The van der Waals surface area contributed by atoms with Crippen LogP contribution in [0.3, 0.4) is 0 Å². The van der Waals surface area contributed by atoms with Gasteiger partial charge in [-0.1, -0.05) is 23.2 Å². The average molecular weight is 304 g/mol. The minimum Gasteiger partial charge on any atom is -0.482 e. The summed E-state index contributed by atoms with van der Waals surface area (Å²) in [6.45, 7) is -0.134. The first kappa shape index (κ1) is 14.4. The molecule has 2 unspecified atom stereocenters. The molecule has 1 aliphatic rings. The number of hydrogen-bond acceptors (Lipinski definition) is 3. The minimum absolute atomic E-state index is 0.134. The molecule has 0 bridgehead atoms. The van der Waals surface area contributed by atoms with Gasteiger partial charge in [-0.15, -0.1) is 0 Å². The number of hydrogen-bond donors (Lipinski definition) is 2. The van der Waals surface area contributed by atoms with E-state index < -0.39 is 6.10 Å². The molecule has 1 aliphatic carbocycles. The third kappa shape index (κ3) is 4.00. The van der Waals surface area contributed by atoms with Gasteiger partial charge in [0.2, 0.25) is 0 Å². The molecule has 2 rings (SSSR count). The largest absolute Gasteiger partial charge is 0.482 e. The second kappa shape index (κ2) is 6.46. The molecule has 0 aromatic heterocycles. The lowest BCUT2D eigenvalue weighted by Crippen LogP contribution is -2.42. The normalized spacial score (nSPS) is 22.3. The van der Waals surface area contributed by atoms with Crippen LogP contribution >= 0.6 is 23.2 Å². The summed E-state index contributed by atoms with van der Waals surface area (Å²) in [7, 11) is 0. The van der Waals surface area contributed by atoms with Crippen LogP contribution in [-0.4, -0.2) is 29.8 Å². The van der Waals surface area contributed by atoms with Gasteiger partial charge in [0.15, 0.2) is 6.61 Å². The lowest BCUT2D eigenvalue weighted by molar-refractivity contribution is -0.124. The molecule has 1 saturated carbocycles. The number of benzene rings is 1. The number of nitrogens with one attached hydrogen (secondary N) is 1. The molecule has 104 valence electrons. The summed E-state index contributed by atoms with van der Waals surface area (Å²) in [6.07, 6.45) is 2.00. The van der Waals surface area contributed by atoms with Gasteiger partial charge < -0.3 is 15.2 Å². The zero-order valence-electron chi connectivity index (χ0n) is 10.2. The van der Waals surface area contributed by atoms with E-state index in [0.717, 1.165) is 19.3 Å². The van der Waals surface area contributed by atoms with Crippen molar-refractivity contribution in [3.05, 3.63) is 28.2 Å². The first-order valence-corrected chi connectivity index (χ1v) is 6.87. The summed E-state index contributed by atoms with van der Waals surface area (Å²) in [5, 5.41) is 13.2. The van der Waals surface area contributed by atoms with Crippen molar-refractivity contribution in [3.63, 3.8) is 0 Å². The first-order chi connectivity index (χ1) is 9.06. The van der Waals surface area contributed by atoms with Crippen molar-refractivity contribution in [1.82, 2.24) is 5.32 Å². The number of halogens is 2. The Labute approximate surface area is 121 Å². The van der Waals surface area contributed by atoms with Gasteiger partial charge in [-0.25, -0.2) is 0 Å². The van der Waals surface area contributed by atoms with E-state index in [1.54, 1.807) is 18.2 Å². The van der Waals surface area contributed by atoms with E-state index in [1.165, 1.54) is 0 Å². The lowest BCUT2D eigenvalue weighted by Gasteiger charge is -2.16. The summed E-state index contributed by atoms with van der Waals surface area (Å²) >= 11 is 11.7. The molecule has 0 heterocycles. The smallest absolute Gasteiger partial charge is 0.258 e. The van der Waals surface area contributed by atoms with Crippen molar-refractivity contribution < 1.29 is 14.6 Å². The van der Waals surface area contributed by atoms with Gasteiger partial charge in [-0.2, -0.15) is 0 Å². The molecule has 1 amide bonds. The molecular formula is C13H15Cl2NO3. The zero-order chi connectivity index (χ0) is 13.8. The first-order valence-electron chi connectivity index (χ1n) is 6.11. The van der Waals surface area contributed by atoms with E-state index in [9.17, 15) is 9.90 Å². The number of carbonyl (C=O) groups is 1. The Morgan fingerprint density at radius 3 is 2.84 bits per heavy atom. The van der Waals surface area contributed by atoms with Gasteiger partial charge in [0.1, 0.15) is 5.75 Å². The van der Waals surface area contributed by atoms with Crippen LogP contribution in [0.15, 0.2) is 18.2 Å². The Bertz CT molecular complexity index is 467. The van der Waals surface area contributed by atoms with Crippen molar-refractivity contribution in [2.45, 2.75) is 31.4 Å². The van der Waals surface area contributed by atoms with Crippen LogP contribution in [0.4, 0.5) is 0 Å². The highest BCUT2D eigenvalue weighted by molar-refractivity contribution is 6.35. The van der Waals surface area contributed by atoms with Crippen molar-refractivity contribution in [3.8, 4) is 5.75 Å². The third-order valence-electron chi connectivity index (χ3n) is 3.08. The van der Waals surface area contributed by atoms with Crippen molar-refractivity contribution in [1.29, 1.82) is 0 Å². The van der Waals surface area contributed by atoms with Gasteiger partial charge in [-0.05, 0) is 37.5 Å². The van der Waals surface area contributed by atoms with Gasteiger partial charge >= 0.3 is 0 Å². The molecule has 4 nitrogen and oxygen atoms in total. The number of ether oxygens (including phenoxy) is 1. The fourth-order valence-corrected chi connectivity index (χ4v) is 2.56. The molecule has 1 aromatic carbocycles. The molecule has 1 fully saturated rings. The van der Waals surface area contributed by atoms with Crippen molar-refractivity contribution in [2.75, 3.05) is 6.61 Å². The maximum atomic E-state index is 11.7. The number of aliphatic hydroxyl groups excluding tert-OH is 1. The predicted molar refractivity (Wildman–Crippen MR) is 73.7 cm³/mol. The maximum Gasteiger partial charge on any atom is 0.258 e. The van der Waals surface area contributed by atoms with Gasteiger partial charge in [0, 0.05) is 5.02 Å². The molecule has 1 aromatic rings. The SMILES string of the molecule is O=C(COc1ccc(Cl)cc1Cl)NC1CCCC1O. The maximum absolute atomic E-state index is 11.7. The summed E-state index contributed by atoms with van der Waals surface area (Å²) in [5.74, 6) is 0.144. The lowest BCUT2D eigenvalue weighted by atomic mass is 10.2. The second-order valence-electron chi connectivity index (χ2n) is 4.54. The molecular weight excluding hydrogens is 289 g/mol. The van der Waals surface area contributed by atoms with Crippen LogP contribution in [0.25, 0.3) is 0 Å². The van der Waals surface area contributed by atoms with E-state index in [1.807, 2.05) is 0 Å². The average Bonchev–Trinajstić information content (AvgIpc) is 2.74. The minimum atomic E-state index is -0.455. The number of rotatable bonds is 4. The van der Waals surface area contributed by atoms with Crippen LogP contribution in [0.2, 0.25) is 10.0 Å². The van der Waals surface area contributed by atoms with Gasteiger partial charge in [0.05, 0.1) is 17.2 Å². The van der Waals surface area contributed by atoms with E-state index in [-0.39, 0.29) is 18.6 Å². The van der Waals surface area contributed by atoms with Gasteiger partial charge in [0.25, 0.3) is 5.91 Å². The third-order valence-corrected chi connectivity index (χ3v) is 3.61. The van der Waals surface area contributed by atoms with Crippen LogP contribution in [0.5, 0.6) is 5.75 Å². The number of aliphatic hydroxyl groups is 1.